The van der Waals surface area contributed by atoms with Crippen LogP contribution in [0.1, 0.15) is 44.9 Å². The Morgan fingerprint density at radius 3 is 3.00 bits per heavy atom. The monoisotopic (exact) mass is 264 g/mol. The topological polar surface area (TPSA) is 73.8 Å². The predicted octanol–water partition coefficient (Wildman–Crippen LogP) is 1.56. The quantitative estimate of drug-likeness (QED) is 0.846. The highest BCUT2D eigenvalue weighted by atomic mass is 16.1. The second kappa shape index (κ2) is 6.80. The average Bonchev–Trinajstić information content (AvgIpc) is 2.86. The average molecular weight is 264 g/mol. The van der Waals surface area contributed by atoms with Crippen LogP contribution in [-0.2, 0) is 17.8 Å². The summed E-state index contributed by atoms with van der Waals surface area (Å²) in [5.74, 6) is 1.59. The maximum absolute atomic E-state index is 12.5. The number of nitrogens with two attached hydrogens (primary N) is 1. The van der Waals surface area contributed by atoms with Crippen molar-refractivity contribution in [2.75, 3.05) is 6.54 Å². The van der Waals surface area contributed by atoms with Crippen LogP contribution in [-0.4, -0.2) is 27.1 Å². The number of rotatable bonds is 6. The van der Waals surface area contributed by atoms with Crippen molar-refractivity contribution in [3.05, 3.63) is 12.2 Å². The summed E-state index contributed by atoms with van der Waals surface area (Å²) in [6.45, 7) is 3.55. The van der Waals surface area contributed by atoms with Gasteiger partial charge in [0.1, 0.15) is 17.9 Å². The number of Topliss-reactive ketones (excluding diaryl/α,β-unsaturated/α-hetero) is 1. The molecule has 2 atom stereocenters. The highest BCUT2D eigenvalue weighted by Gasteiger charge is 2.30. The molecule has 1 fully saturated rings. The van der Waals surface area contributed by atoms with E-state index in [9.17, 15) is 4.79 Å². The van der Waals surface area contributed by atoms with Crippen LogP contribution in [0.4, 0.5) is 0 Å². The van der Waals surface area contributed by atoms with Crippen molar-refractivity contribution >= 4 is 5.78 Å². The first-order valence-corrected chi connectivity index (χ1v) is 7.35. The van der Waals surface area contributed by atoms with Gasteiger partial charge in [-0.2, -0.15) is 5.10 Å². The molecule has 2 rings (SSSR count). The second-order valence-corrected chi connectivity index (χ2v) is 5.43. The number of ketones is 1. The Morgan fingerprint density at radius 1 is 1.47 bits per heavy atom. The Morgan fingerprint density at radius 2 is 2.26 bits per heavy atom. The zero-order chi connectivity index (χ0) is 13.7. The van der Waals surface area contributed by atoms with Crippen LogP contribution in [0.25, 0.3) is 0 Å². The van der Waals surface area contributed by atoms with Crippen LogP contribution in [0.2, 0.25) is 0 Å². The van der Waals surface area contributed by atoms with Crippen LogP contribution in [0.15, 0.2) is 6.33 Å². The van der Waals surface area contributed by atoms with E-state index in [1.807, 2.05) is 4.68 Å². The summed E-state index contributed by atoms with van der Waals surface area (Å²) in [5, 5.41) is 4.17. The van der Waals surface area contributed by atoms with Gasteiger partial charge in [-0.1, -0.05) is 19.8 Å². The van der Waals surface area contributed by atoms with Crippen LogP contribution in [0.3, 0.4) is 0 Å². The molecule has 1 aromatic heterocycles. The number of carbonyl (C=O) groups is 1. The van der Waals surface area contributed by atoms with Crippen molar-refractivity contribution in [2.24, 2.45) is 17.6 Å². The Balaban J connectivity index is 2.01. The molecule has 1 saturated carbocycles. The first kappa shape index (κ1) is 14.2. The molecule has 0 saturated heterocycles. The van der Waals surface area contributed by atoms with Crippen LogP contribution in [0.5, 0.6) is 0 Å². The third-order valence-electron chi connectivity index (χ3n) is 4.09. The molecule has 2 N–H and O–H groups in total. The fourth-order valence-electron chi connectivity index (χ4n) is 3.02. The van der Waals surface area contributed by atoms with Gasteiger partial charge in [-0.15, -0.1) is 0 Å². The molecular weight excluding hydrogens is 240 g/mol. The molecule has 19 heavy (non-hydrogen) atoms. The smallest absolute Gasteiger partial charge is 0.143 e. The van der Waals surface area contributed by atoms with Gasteiger partial charge in [-0.25, -0.2) is 9.67 Å². The van der Waals surface area contributed by atoms with Gasteiger partial charge in [-0.3, -0.25) is 4.79 Å². The first-order chi connectivity index (χ1) is 9.26. The lowest BCUT2D eigenvalue weighted by molar-refractivity contribution is -0.125. The molecule has 0 spiro atoms. The summed E-state index contributed by atoms with van der Waals surface area (Å²) in [6.07, 6.45) is 7.38. The lowest BCUT2D eigenvalue weighted by Crippen LogP contribution is -2.33. The molecule has 1 aromatic rings. The molecule has 0 aromatic carbocycles. The van der Waals surface area contributed by atoms with Crippen LogP contribution in [0, 0.1) is 11.8 Å². The number of aromatic nitrogens is 3. The number of hydrogen-bond donors (Lipinski definition) is 1. The highest BCUT2D eigenvalue weighted by molar-refractivity contribution is 5.83. The fraction of sp³-hybridized carbons (Fsp3) is 0.786. The Hall–Kier alpha value is -1.23. The lowest BCUT2D eigenvalue weighted by Gasteiger charge is -2.29. The molecule has 5 nitrogen and oxygen atoms in total. The molecule has 0 bridgehead atoms. The molecule has 0 amide bonds. The SMILES string of the molecule is CCCn1ncnc1CC(=O)C1CCCCC1CN. The largest absolute Gasteiger partial charge is 0.330 e. The third kappa shape index (κ3) is 3.41. The van der Waals surface area contributed by atoms with E-state index in [4.69, 9.17) is 5.73 Å². The summed E-state index contributed by atoms with van der Waals surface area (Å²) in [7, 11) is 0. The van der Waals surface area contributed by atoms with Crippen molar-refractivity contribution in [1.29, 1.82) is 0 Å². The first-order valence-electron chi connectivity index (χ1n) is 7.35. The minimum atomic E-state index is 0.130. The van der Waals surface area contributed by atoms with E-state index in [1.165, 1.54) is 6.42 Å². The van der Waals surface area contributed by atoms with Gasteiger partial charge in [0.25, 0.3) is 0 Å². The van der Waals surface area contributed by atoms with E-state index in [-0.39, 0.29) is 5.92 Å². The van der Waals surface area contributed by atoms with Crippen molar-refractivity contribution < 1.29 is 4.79 Å². The Labute approximate surface area is 114 Å². The molecule has 0 aliphatic heterocycles. The minimum absolute atomic E-state index is 0.130. The fourth-order valence-corrected chi connectivity index (χ4v) is 3.02. The van der Waals surface area contributed by atoms with Gasteiger partial charge in [0, 0.05) is 12.5 Å². The standard InChI is InChI=1S/C14H24N4O/c1-2-7-18-14(16-10-17-18)8-13(19)12-6-4-3-5-11(12)9-15/h10-12H,2-9,15H2,1H3. The van der Waals surface area contributed by atoms with Crippen molar-refractivity contribution in [3.8, 4) is 0 Å². The van der Waals surface area contributed by atoms with Gasteiger partial charge < -0.3 is 5.73 Å². The normalized spacial score (nSPS) is 23.5. The number of nitrogens with zero attached hydrogens (tertiary/aromatic N) is 3. The maximum atomic E-state index is 12.5. The summed E-state index contributed by atoms with van der Waals surface area (Å²) in [5.41, 5.74) is 5.80. The van der Waals surface area contributed by atoms with Crippen molar-refractivity contribution in [2.45, 2.75) is 52.0 Å². The van der Waals surface area contributed by atoms with E-state index in [0.29, 0.717) is 24.7 Å². The zero-order valence-electron chi connectivity index (χ0n) is 11.7. The lowest BCUT2D eigenvalue weighted by atomic mass is 9.76. The van der Waals surface area contributed by atoms with Crippen LogP contribution >= 0.6 is 0 Å². The molecule has 106 valence electrons. The summed E-state index contributed by atoms with van der Waals surface area (Å²) >= 11 is 0. The van der Waals surface area contributed by atoms with E-state index < -0.39 is 0 Å². The van der Waals surface area contributed by atoms with Gasteiger partial charge in [-0.05, 0) is 31.7 Å². The number of hydrogen-bond acceptors (Lipinski definition) is 4. The van der Waals surface area contributed by atoms with Crippen molar-refractivity contribution in [3.63, 3.8) is 0 Å². The molecule has 5 heteroatoms. The predicted molar refractivity (Wildman–Crippen MR) is 73.5 cm³/mol. The molecule has 1 heterocycles. The van der Waals surface area contributed by atoms with Crippen LogP contribution < -0.4 is 5.73 Å². The number of aryl methyl sites for hydroxylation is 1. The Kier molecular flexibility index (Phi) is 5.07. The van der Waals surface area contributed by atoms with Crippen molar-refractivity contribution in [1.82, 2.24) is 14.8 Å². The maximum Gasteiger partial charge on any atom is 0.143 e. The Bertz CT molecular complexity index is 415. The third-order valence-corrected chi connectivity index (χ3v) is 4.09. The summed E-state index contributed by atoms with van der Waals surface area (Å²) in [6, 6.07) is 0. The molecule has 2 unspecified atom stereocenters. The molecular formula is C14H24N4O. The number of carbonyl (C=O) groups excluding carboxylic acids is 1. The van der Waals surface area contributed by atoms with Gasteiger partial charge in [0.15, 0.2) is 0 Å². The van der Waals surface area contributed by atoms with Gasteiger partial charge in [0.05, 0.1) is 6.42 Å². The van der Waals surface area contributed by atoms with E-state index in [2.05, 4.69) is 17.0 Å². The molecule has 1 aliphatic carbocycles. The zero-order valence-corrected chi connectivity index (χ0v) is 11.7. The van der Waals surface area contributed by atoms with E-state index in [1.54, 1.807) is 6.33 Å². The summed E-state index contributed by atoms with van der Waals surface area (Å²) < 4.78 is 1.85. The molecule has 0 radical (unpaired) electrons. The van der Waals surface area contributed by atoms with E-state index >= 15 is 0 Å². The van der Waals surface area contributed by atoms with Gasteiger partial charge >= 0.3 is 0 Å². The van der Waals surface area contributed by atoms with Gasteiger partial charge in [0.2, 0.25) is 0 Å². The highest BCUT2D eigenvalue weighted by Crippen LogP contribution is 2.30. The minimum Gasteiger partial charge on any atom is -0.330 e. The second-order valence-electron chi connectivity index (χ2n) is 5.43. The molecule has 1 aliphatic rings. The van der Waals surface area contributed by atoms with E-state index in [0.717, 1.165) is 38.1 Å². The summed E-state index contributed by atoms with van der Waals surface area (Å²) in [4.78, 5) is 16.7.